The average Bonchev–Trinajstić information content (AvgIpc) is 2.65. The van der Waals surface area contributed by atoms with Crippen LogP contribution in [0.4, 0.5) is 4.79 Å². The van der Waals surface area contributed by atoms with Crippen molar-refractivity contribution >= 4 is 12.1 Å². The predicted molar refractivity (Wildman–Crippen MR) is 111 cm³/mol. The average molecular weight is 394 g/mol. The number of ether oxygens (including phenoxy) is 2. The standard InChI is InChI=1S/C20H35N5O3/c1-6-27-14-12-24-18(21-5)23-11-8-13-25(19(26)28-20(2,3)4)16-17-9-7-10-22-15-17/h7,9-10,15H,6,8,11-14,16H2,1-5H3,(H2,21,23,24). The lowest BCUT2D eigenvalue weighted by Gasteiger charge is -2.27. The molecular weight excluding hydrogens is 358 g/mol. The van der Waals surface area contributed by atoms with Gasteiger partial charge in [-0.1, -0.05) is 6.07 Å². The van der Waals surface area contributed by atoms with Crippen LogP contribution in [0.25, 0.3) is 0 Å². The first-order valence-corrected chi connectivity index (χ1v) is 9.74. The summed E-state index contributed by atoms with van der Waals surface area (Å²) in [6, 6.07) is 3.81. The summed E-state index contributed by atoms with van der Waals surface area (Å²) in [6.45, 7) is 11.3. The number of guanidine groups is 1. The summed E-state index contributed by atoms with van der Waals surface area (Å²) in [5.74, 6) is 0.718. The van der Waals surface area contributed by atoms with Crippen LogP contribution >= 0.6 is 0 Å². The van der Waals surface area contributed by atoms with Crippen LogP contribution in [-0.4, -0.2) is 67.4 Å². The van der Waals surface area contributed by atoms with Crippen LogP contribution in [0.2, 0.25) is 0 Å². The molecular formula is C20H35N5O3. The van der Waals surface area contributed by atoms with Gasteiger partial charge in [0.2, 0.25) is 0 Å². The van der Waals surface area contributed by atoms with Crippen molar-refractivity contribution in [3.63, 3.8) is 0 Å². The number of hydrogen-bond donors (Lipinski definition) is 2. The summed E-state index contributed by atoms with van der Waals surface area (Å²) in [5, 5.41) is 6.43. The Morgan fingerprint density at radius 3 is 2.64 bits per heavy atom. The van der Waals surface area contributed by atoms with E-state index in [2.05, 4.69) is 20.6 Å². The number of carbonyl (C=O) groups excluding carboxylic acids is 1. The number of amides is 1. The molecule has 0 spiro atoms. The molecule has 1 aromatic rings. The molecule has 8 heteroatoms. The summed E-state index contributed by atoms with van der Waals surface area (Å²) in [6.07, 6.45) is 3.91. The molecule has 0 aliphatic heterocycles. The number of carbonyl (C=O) groups is 1. The third-order valence-electron chi connectivity index (χ3n) is 3.61. The highest BCUT2D eigenvalue weighted by atomic mass is 16.6. The Morgan fingerprint density at radius 1 is 1.29 bits per heavy atom. The Morgan fingerprint density at radius 2 is 2.04 bits per heavy atom. The molecule has 0 unspecified atom stereocenters. The normalized spacial score (nSPS) is 11.8. The molecule has 0 atom stereocenters. The maximum Gasteiger partial charge on any atom is 0.410 e. The Balaban J connectivity index is 2.50. The van der Waals surface area contributed by atoms with Gasteiger partial charge < -0.3 is 25.0 Å². The first kappa shape index (κ1) is 23.7. The molecule has 1 amide bonds. The van der Waals surface area contributed by atoms with Crippen molar-refractivity contribution in [2.45, 2.75) is 46.3 Å². The number of pyridine rings is 1. The Bertz CT molecular complexity index is 587. The van der Waals surface area contributed by atoms with Crippen molar-refractivity contribution in [1.29, 1.82) is 0 Å². The molecule has 28 heavy (non-hydrogen) atoms. The van der Waals surface area contributed by atoms with Gasteiger partial charge in [0.05, 0.1) is 13.2 Å². The Hall–Kier alpha value is -2.35. The van der Waals surface area contributed by atoms with Gasteiger partial charge in [0.25, 0.3) is 0 Å². The van der Waals surface area contributed by atoms with E-state index in [1.807, 2.05) is 39.8 Å². The highest BCUT2D eigenvalue weighted by Crippen LogP contribution is 2.12. The Labute approximate surface area is 168 Å². The minimum Gasteiger partial charge on any atom is -0.444 e. The molecule has 0 saturated carbocycles. The zero-order valence-electron chi connectivity index (χ0n) is 17.8. The van der Waals surface area contributed by atoms with Crippen LogP contribution in [0.3, 0.4) is 0 Å². The summed E-state index contributed by atoms with van der Waals surface area (Å²) in [4.78, 5) is 22.6. The van der Waals surface area contributed by atoms with Crippen LogP contribution < -0.4 is 10.6 Å². The minimum absolute atomic E-state index is 0.324. The second-order valence-corrected chi connectivity index (χ2v) is 7.24. The summed E-state index contributed by atoms with van der Waals surface area (Å²) >= 11 is 0. The van der Waals surface area contributed by atoms with Gasteiger partial charge in [-0.3, -0.25) is 9.98 Å². The third-order valence-corrected chi connectivity index (χ3v) is 3.61. The van der Waals surface area contributed by atoms with E-state index in [4.69, 9.17) is 9.47 Å². The van der Waals surface area contributed by atoms with E-state index < -0.39 is 5.60 Å². The SMILES string of the molecule is CCOCCNC(=NC)NCCCN(Cc1cccnc1)C(=O)OC(C)(C)C. The number of hydrogen-bond acceptors (Lipinski definition) is 5. The van der Waals surface area contributed by atoms with Gasteiger partial charge in [-0.2, -0.15) is 0 Å². The second kappa shape index (κ2) is 12.9. The number of rotatable bonds is 10. The van der Waals surface area contributed by atoms with E-state index in [1.165, 1.54) is 0 Å². The molecule has 0 aromatic carbocycles. The number of nitrogens with one attached hydrogen (secondary N) is 2. The van der Waals surface area contributed by atoms with Crippen molar-refractivity contribution in [2.24, 2.45) is 4.99 Å². The summed E-state index contributed by atoms with van der Waals surface area (Å²) in [7, 11) is 1.73. The van der Waals surface area contributed by atoms with Gasteiger partial charge in [0.15, 0.2) is 5.96 Å². The molecule has 1 aromatic heterocycles. The molecule has 0 saturated heterocycles. The highest BCUT2D eigenvalue weighted by molar-refractivity contribution is 5.79. The third kappa shape index (κ3) is 10.7. The van der Waals surface area contributed by atoms with Gasteiger partial charge in [-0.05, 0) is 45.7 Å². The van der Waals surface area contributed by atoms with Crippen LogP contribution in [0.1, 0.15) is 39.7 Å². The van der Waals surface area contributed by atoms with Crippen molar-refractivity contribution in [3.05, 3.63) is 30.1 Å². The smallest absolute Gasteiger partial charge is 0.410 e. The zero-order chi connectivity index (χ0) is 20.8. The maximum absolute atomic E-state index is 12.6. The van der Waals surface area contributed by atoms with Gasteiger partial charge in [0, 0.05) is 45.7 Å². The second-order valence-electron chi connectivity index (χ2n) is 7.24. The quantitative estimate of drug-likeness (QED) is 0.361. The molecule has 1 rings (SSSR count). The summed E-state index contributed by atoms with van der Waals surface area (Å²) < 4.78 is 10.8. The molecule has 0 aliphatic carbocycles. The van der Waals surface area contributed by atoms with Crippen LogP contribution in [0.15, 0.2) is 29.5 Å². The van der Waals surface area contributed by atoms with E-state index in [-0.39, 0.29) is 6.09 Å². The van der Waals surface area contributed by atoms with Crippen LogP contribution in [0, 0.1) is 0 Å². The molecule has 0 radical (unpaired) electrons. The topological polar surface area (TPSA) is 88.1 Å². The zero-order valence-corrected chi connectivity index (χ0v) is 17.8. The van der Waals surface area contributed by atoms with E-state index in [1.54, 1.807) is 24.3 Å². The highest BCUT2D eigenvalue weighted by Gasteiger charge is 2.22. The number of nitrogens with zero attached hydrogens (tertiary/aromatic N) is 3. The van der Waals surface area contributed by atoms with Gasteiger partial charge >= 0.3 is 6.09 Å². The van der Waals surface area contributed by atoms with Crippen molar-refractivity contribution in [2.75, 3.05) is 39.9 Å². The lowest BCUT2D eigenvalue weighted by atomic mass is 10.2. The fourth-order valence-corrected chi connectivity index (χ4v) is 2.36. The molecule has 0 fully saturated rings. The van der Waals surface area contributed by atoms with E-state index in [0.717, 1.165) is 17.9 Å². The van der Waals surface area contributed by atoms with Gasteiger partial charge in [-0.25, -0.2) is 4.79 Å². The van der Waals surface area contributed by atoms with Gasteiger partial charge in [0.1, 0.15) is 5.60 Å². The fraction of sp³-hybridized carbons (Fsp3) is 0.650. The lowest BCUT2D eigenvalue weighted by Crippen LogP contribution is -2.41. The monoisotopic (exact) mass is 393 g/mol. The number of aliphatic imine (C=N–C) groups is 1. The van der Waals surface area contributed by atoms with E-state index in [9.17, 15) is 4.79 Å². The summed E-state index contributed by atoms with van der Waals surface area (Å²) in [5.41, 5.74) is 0.435. The molecule has 2 N–H and O–H groups in total. The first-order chi connectivity index (χ1) is 13.4. The molecule has 8 nitrogen and oxygen atoms in total. The minimum atomic E-state index is -0.533. The molecule has 158 valence electrons. The van der Waals surface area contributed by atoms with Crippen LogP contribution in [0.5, 0.6) is 0 Å². The molecule has 0 aliphatic rings. The van der Waals surface area contributed by atoms with Gasteiger partial charge in [-0.15, -0.1) is 0 Å². The van der Waals surface area contributed by atoms with Crippen molar-refractivity contribution in [3.8, 4) is 0 Å². The Kier molecular flexibility index (Phi) is 10.9. The molecule has 1 heterocycles. The maximum atomic E-state index is 12.6. The largest absolute Gasteiger partial charge is 0.444 e. The lowest BCUT2D eigenvalue weighted by molar-refractivity contribution is 0.0232. The van der Waals surface area contributed by atoms with Crippen molar-refractivity contribution in [1.82, 2.24) is 20.5 Å². The predicted octanol–water partition coefficient (Wildman–Crippen LogP) is 2.41. The van der Waals surface area contributed by atoms with Crippen LogP contribution in [-0.2, 0) is 16.0 Å². The fourth-order valence-electron chi connectivity index (χ4n) is 2.36. The number of aromatic nitrogens is 1. The first-order valence-electron chi connectivity index (χ1n) is 9.74. The van der Waals surface area contributed by atoms with Crippen molar-refractivity contribution < 1.29 is 14.3 Å². The van der Waals surface area contributed by atoms with E-state index >= 15 is 0 Å². The molecule has 0 bridgehead atoms. The van der Waals surface area contributed by atoms with E-state index in [0.29, 0.717) is 39.4 Å².